The number of hydrogen-bond donors (Lipinski definition) is 0. The van der Waals surface area contributed by atoms with Gasteiger partial charge in [0.1, 0.15) is 0 Å². The normalized spacial score (nSPS) is 16.5. The molecule has 1 fully saturated rings. The Bertz CT molecular complexity index is 504. The standard InChI is InChI=1S/C18H23BrO3/c1-2-22-17(20)12-15(11-13-5-3-4-6-13)18(21)14-7-9-16(19)10-8-14/h7-10,13,15H,2-6,11-12H2,1H3. The number of esters is 1. The maximum absolute atomic E-state index is 12.8. The third kappa shape index (κ3) is 4.94. The molecule has 3 nitrogen and oxygen atoms in total. The van der Waals surface area contributed by atoms with Crippen molar-refractivity contribution in [1.29, 1.82) is 0 Å². The molecule has 1 aromatic carbocycles. The number of hydrogen-bond acceptors (Lipinski definition) is 3. The average Bonchev–Trinajstić information content (AvgIpc) is 3.00. The van der Waals surface area contributed by atoms with Crippen molar-refractivity contribution in [3.8, 4) is 0 Å². The van der Waals surface area contributed by atoms with Crippen LogP contribution in [0.5, 0.6) is 0 Å². The van der Waals surface area contributed by atoms with Crippen molar-refractivity contribution in [1.82, 2.24) is 0 Å². The van der Waals surface area contributed by atoms with Gasteiger partial charge in [-0.3, -0.25) is 9.59 Å². The number of ether oxygens (including phenoxy) is 1. The minimum atomic E-state index is -0.268. The number of carbonyl (C=O) groups is 2. The van der Waals surface area contributed by atoms with Crippen LogP contribution in [-0.2, 0) is 9.53 Å². The van der Waals surface area contributed by atoms with E-state index >= 15 is 0 Å². The van der Waals surface area contributed by atoms with Crippen molar-refractivity contribution in [2.45, 2.75) is 45.4 Å². The Morgan fingerprint density at radius 2 is 1.86 bits per heavy atom. The summed E-state index contributed by atoms with van der Waals surface area (Å²) in [6.07, 6.45) is 5.82. The van der Waals surface area contributed by atoms with E-state index in [2.05, 4.69) is 15.9 Å². The van der Waals surface area contributed by atoms with Gasteiger partial charge < -0.3 is 4.74 Å². The van der Waals surface area contributed by atoms with E-state index < -0.39 is 0 Å². The molecule has 0 amide bonds. The molecule has 1 aliphatic rings. The Kier molecular flexibility index (Phi) is 6.62. The van der Waals surface area contributed by atoms with Crippen LogP contribution >= 0.6 is 15.9 Å². The highest BCUT2D eigenvalue weighted by atomic mass is 79.9. The molecular weight excluding hydrogens is 344 g/mol. The van der Waals surface area contributed by atoms with Gasteiger partial charge in [0.2, 0.25) is 0 Å². The zero-order valence-electron chi connectivity index (χ0n) is 13.0. The van der Waals surface area contributed by atoms with Gasteiger partial charge in [0.05, 0.1) is 13.0 Å². The van der Waals surface area contributed by atoms with E-state index in [-0.39, 0.29) is 24.1 Å². The van der Waals surface area contributed by atoms with E-state index in [1.165, 1.54) is 25.7 Å². The van der Waals surface area contributed by atoms with Gasteiger partial charge in [-0.1, -0.05) is 53.7 Å². The lowest BCUT2D eigenvalue weighted by Gasteiger charge is -2.19. The van der Waals surface area contributed by atoms with Gasteiger partial charge in [-0.15, -0.1) is 0 Å². The molecule has 0 heterocycles. The molecule has 4 heteroatoms. The van der Waals surface area contributed by atoms with Crippen LogP contribution in [0, 0.1) is 11.8 Å². The van der Waals surface area contributed by atoms with E-state index in [0.717, 1.165) is 10.9 Å². The van der Waals surface area contributed by atoms with E-state index in [4.69, 9.17) is 4.74 Å². The summed E-state index contributed by atoms with van der Waals surface area (Å²) >= 11 is 3.38. The predicted molar refractivity (Wildman–Crippen MR) is 89.8 cm³/mol. The lowest BCUT2D eigenvalue weighted by molar-refractivity contribution is -0.144. The third-order valence-corrected chi connectivity index (χ3v) is 4.84. The van der Waals surface area contributed by atoms with Gasteiger partial charge in [-0.2, -0.15) is 0 Å². The van der Waals surface area contributed by atoms with Crippen molar-refractivity contribution >= 4 is 27.7 Å². The first kappa shape index (κ1) is 17.2. The van der Waals surface area contributed by atoms with Crippen LogP contribution in [0.25, 0.3) is 0 Å². The van der Waals surface area contributed by atoms with Gasteiger partial charge in [-0.25, -0.2) is 0 Å². The van der Waals surface area contributed by atoms with Crippen molar-refractivity contribution in [3.05, 3.63) is 34.3 Å². The van der Waals surface area contributed by atoms with Gasteiger partial charge in [0.15, 0.2) is 5.78 Å². The monoisotopic (exact) mass is 366 g/mol. The minimum absolute atomic E-state index is 0.0625. The van der Waals surface area contributed by atoms with Crippen LogP contribution in [-0.4, -0.2) is 18.4 Å². The molecule has 0 saturated heterocycles. The molecule has 0 bridgehead atoms. The molecule has 120 valence electrons. The molecule has 0 N–H and O–H groups in total. The Labute approximate surface area is 140 Å². The Hall–Kier alpha value is -1.16. The highest BCUT2D eigenvalue weighted by Gasteiger charge is 2.28. The fraction of sp³-hybridized carbons (Fsp3) is 0.556. The van der Waals surface area contributed by atoms with E-state index in [1.807, 2.05) is 24.3 Å². The van der Waals surface area contributed by atoms with Crippen LogP contribution in [0.4, 0.5) is 0 Å². The topological polar surface area (TPSA) is 43.4 Å². The predicted octanol–water partition coefficient (Wildman–Crippen LogP) is 4.78. The molecular formula is C18H23BrO3. The zero-order valence-corrected chi connectivity index (χ0v) is 14.6. The van der Waals surface area contributed by atoms with Crippen molar-refractivity contribution in [2.24, 2.45) is 11.8 Å². The van der Waals surface area contributed by atoms with Crippen LogP contribution < -0.4 is 0 Å². The molecule has 0 radical (unpaired) electrons. The number of halogens is 1. The van der Waals surface area contributed by atoms with E-state index in [9.17, 15) is 9.59 Å². The molecule has 22 heavy (non-hydrogen) atoms. The number of carbonyl (C=O) groups excluding carboxylic acids is 2. The second kappa shape index (κ2) is 8.47. The van der Waals surface area contributed by atoms with Crippen molar-refractivity contribution < 1.29 is 14.3 Å². The lowest BCUT2D eigenvalue weighted by atomic mass is 9.85. The molecule has 1 aliphatic carbocycles. The molecule has 1 atom stereocenters. The van der Waals surface area contributed by atoms with Crippen LogP contribution in [0.15, 0.2) is 28.7 Å². The SMILES string of the molecule is CCOC(=O)CC(CC1CCCC1)C(=O)c1ccc(Br)cc1. The molecule has 0 spiro atoms. The fourth-order valence-corrected chi connectivity index (χ4v) is 3.47. The molecule has 0 aromatic heterocycles. The molecule has 1 unspecified atom stereocenters. The van der Waals surface area contributed by atoms with Crippen LogP contribution in [0.2, 0.25) is 0 Å². The summed E-state index contributed by atoms with van der Waals surface area (Å²) in [6.45, 7) is 2.15. The highest BCUT2D eigenvalue weighted by molar-refractivity contribution is 9.10. The third-order valence-electron chi connectivity index (χ3n) is 4.31. The molecule has 2 rings (SSSR count). The molecule has 1 saturated carbocycles. The lowest BCUT2D eigenvalue weighted by Crippen LogP contribution is -2.22. The fourth-order valence-electron chi connectivity index (χ4n) is 3.20. The van der Waals surface area contributed by atoms with E-state index in [1.54, 1.807) is 6.92 Å². The number of Topliss-reactive ketones (excluding diaryl/α,β-unsaturated/α-hetero) is 1. The van der Waals surface area contributed by atoms with Gasteiger partial charge >= 0.3 is 5.97 Å². The number of ketones is 1. The summed E-state index contributed by atoms with van der Waals surface area (Å²) in [5.41, 5.74) is 0.676. The first-order chi connectivity index (χ1) is 10.6. The Balaban J connectivity index is 2.08. The largest absolute Gasteiger partial charge is 0.466 e. The zero-order chi connectivity index (χ0) is 15.9. The molecule has 0 aliphatic heterocycles. The number of rotatable bonds is 7. The highest BCUT2D eigenvalue weighted by Crippen LogP contribution is 2.33. The van der Waals surface area contributed by atoms with Crippen molar-refractivity contribution in [2.75, 3.05) is 6.61 Å². The maximum Gasteiger partial charge on any atom is 0.306 e. The maximum atomic E-state index is 12.8. The number of benzene rings is 1. The average molecular weight is 367 g/mol. The van der Waals surface area contributed by atoms with Crippen molar-refractivity contribution in [3.63, 3.8) is 0 Å². The van der Waals surface area contributed by atoms with Gasteiger partial charge in [0, 0.05) is 16.0 Å². The quantitative estimate of drug-likeness (QED) is 0.515. The second-order valence-electron chi connectivity index (χ2n) is 5.96. The summed E-state index contributed by atoms with van der Waals surface area (Å²) in [6, 6.07) is 7.37. The second-order valence-corrected chi connectivity index (χ2v) is 6.88. The van der Waals surface area contributed by atoms with Crippen LogP contribution in [0.3, 0.4) is 0 Å². The minimum Gasteiger partial charge on any atom is -0.466 e. The first-order valence-corrected chi connectivity index (χ1v) is 8.84. The Morgan fingerprint density at radius 3 is 2.45 bits per heavy atom. The smallest absolute Gasteiger partial charge is 0.306 e. The van der Waals surface area contributed by atoms with Gasteiger partial charge in [0.25, 0.3) is 0 Å². The van der Waals surface area contributed by atoms with Crippen LogP contribution in [0.1, 0.15) is 55.8 Å². The Morgan fingerprint density at radius 1 is 1.23 bits per heavy atom. The summed E-state index contributed by atoms with van der Waals surface area (Å²) in [5.74, 6) is 0.102. The van der Waals surface area contributed by atoms with Gasteiger partial charge in [-0.05, 0) is 31.4 Å². The summed E-state index contributed by atoms with van der Waals surface area (Å²) in [4.78, 5) is 24.6. The summed E-state index contributed by atoms with van der Waals surface area (Å²) in [5, 5.41) is 0. The summed E-state index contributed by atoms with van der Waals surface area (Å²) < 4.78 is 5.99. The first-order valence-electron chi connectivity index (χ1n) is 8.05. The van der Waals surface area contributed by atoms with E-state index in [0.29, 0.717) is 18.1 Å². The summed E-state index contributed by atoms with van der Waals surface area (Å²) in [7, 11) is 0. The molecule has 1 aromatic rings.